The topological polar surface area (TPSA) is 47.6 Å². The van der Waals surface area contributed by atoms with E-state index in [1.807, 2.05) is 0 Å². The molecule has 0 aliphatic rings. The van der Waals surface area contributed by atoms with Gasteiger partial charge in [-0.25, -0.2) is 0 Å². The fourth-order valence-corrected chi connectivity index (χ4v) is 0.536. The second kappa shape index (κ2) is 6.95. The highest BCUT2D eigenvalue weighted by Crippen LogP contribution is 1.72. The van der Waals surface area contributed by atoms with Gasteiger partial charge in [-0.2, -0.15) is 0 Å². The number of ether oxygens (including phenoxy) is 1. The molecule has 0 saturated heterocycles. The summed E-state index contributed by atoms with van der Waals surface area (Å²) in [5.74, 6) is 0. The molecule has 1 N–H and O–H groups in total. The molecule has 4 nitrogen and oxygen atoms in total. The normalized spacial score (nSPS) is 10.8. The van der Waals surface area contributed by atoms with Crippen LogP contribution < -0.4 is 5.32 Å². The maximum absolute atomic E-state index is 10.3. The van der Waals surface area contributed by atoms with Gasteiger partial charge in [-0.3, -0.25) is 0 Å². The maximum atomic E-state index is 10.3. The Morgan fingerprint density at radius 1 is 1.50 bits per heavy atom. The van der Waals surface area contributed by atoms with E-state index in [1.165, 1.54) is 7.05 Å². The minimum atomic E-state index is 0.531. The van der Waals surface area contributed by atoms with Gasteiger partial charge in [0.2, 0.25) is 0 Å². The van der Waals surface area contributed by atoms with Crippen LogP contribution in [0, 0.1) is 5.21 Å². The van der Waals surface area contributed by atoms with Crippen LogP contribution in [0.1, 0.15) is 0 Å². The average molecular weight is 147 g/mol. The van der Waals surface area contributed by atoms with E-state index in [4.69, 9.17) is 4.74 Å². The molecule has 0 aromatic rings. The van der Waals surface area contributed by atoms with Crippen LogP contribution in [0.4, 0.5) is 0 Å². The van der Waals surface area contributed by atoms with Crippen molar-refractivity contribution in [3.63, 3.8) is 0 Å². The van der Waals surface area contributed by atoms with E-state index in [9.17, 15) is 5.21 Å². The molecular weight excluding hydrogens is 132 g/mol. The summed E-state index contributed by atoms with van der Waals surface area (Å²) in [6, 6.07) is 0. The zero-order valence-electron chi connectivity index (χ0n) is 6.59. The molecule has 0 aliphatic carbocycles. The van der Waals surface area contributed by atoms with Gasteiger partial charge in [-0.05, 0) is 13.6 Å². The Morgan fingerprint density at radius 3 is 2.70 bits per heavy atom. The van der Waals surface area contributed by atoms with Crippen LogP contribution >= 0.6 is 0 Å². The zero-order chi connectivity index (χ0) is 7.82. The third-order valence-corrected chi connectivity index (χ3v) is 1.09. The molecule has 0 radical (unpaired) electrons. The van der Waals surface area contributed by atoms with Crippen LogP contribution in [0.3, 0.4) is 0 Å². The van der Waals surface area contributed by atoms with Crippen LogP contribution in [0.5, 0.6) is 0 Å². The van der Waals surface area contributed by atoms with E-state index in [1.54, 1.807) is 7.11 Å². The van der Waals surface area contributed by atoms with Crippen LogP contribution in [-0.4, -0.2) is 45.5 Å². The van der Waals surface area contributed by atoms with Gasteiger partial charge in [-0.1, -0.05) is 0 Å². The summed E-state index contributed by atoms with van der Waals surface area (Å²) in [6.45, 7) is 2.76. The number of methoxy groups -OCH3 is 1. The van der Waals surface area contributed by atoms with Crippen molar-refractivity contribution in [2.45, 2.75) is 0 Å². The highest BCUT2D eigenvalue weighted by molar-refractivity contribution is 4.52. The lowest BCUT2D eigenvalue weighted by atomic mass is 10.6. The van der Waals surface area contributed by atoms with E-state index in [2.05, 4.69) is 5.32 Å². The highest BCUT2D eigenvalue weighted by atomic mass is 16.5. The molecule has 0 atom stereocenters. The monoisotopic (exact) mass is 147 g/mol. The van der Waals surface area contributed by atoms with Gasteiger partial charge >= 0.3 is 0 Å². The molecular formula is C6H15N2O2-. The molecule has 62 valence electrons. The Kier molecular flexibility index (Phi) is 6.84. The minimum absolute atomic E-state index is 0.531. The molecule has 0 aliphatic heterocycles. The first kappa shape index (κ1) is 9.84. The van der Waals surface area contributed by atoms with E-state index in [-0.39, 0.29) is 0 Å². The molecule has 10 heavy (non-hydrogen) atoms. The van der Waals surface area contributed by atoms with Crippen LogP contribution in [0.25, 0.3) is 0 Å². The van der Waals surface area contributed by atoms with Gasteiger partial charge in [0, 0.05) is 20.2 Å². The van der Waals surface area contributed by atoms with E-state index in [0.717, 1.165) is 18.2 Å². The third-order valence-electron chi connectivity index (χ3n) is 1.09. The first-order valence-electron chi connectivity index (χ1n) is 3.35. The number of nitrogens with zero attached hydrogens (tertiary/aromatic N) is 1. The van der Waals surface area contributed by atoms with Gasteiger partial charge in [0.25, 0.3) is 0 Å². The second-order valence-corrected chi connectivity index (χ2v) is 2.09. The Morgan fingerprint density at radius 2 is 2.20 bits per heavy atom. The van der Waals surface area contributed by atoms with Gasteiger partial charge in [0.05, 0.1) is 6.61 Å². The zero-order valence-corrected chi connectivity index (χ0v) is 6.59. The summed E-state index contributed by atoms with van der Waals surface area (Å²) in [5, 5.41) is 14.3. The molecule has 0 amide bonds. The summed E-state index contributed by atoms with van der Waals surface area (Å²) in [7, 11) is 3.17. The van der Waals surface area contributed by atoms with Crippen molar-refractivity contribution in [1.82, 2.24) is 10.4 Å². The molecule has 0 fully saturated rings. The molecule has 0 heterocycles. The fraction of sp³-hybridized carbons (Fsp3) is 1.00. The minimum Gasteiger partial charge on any atom is -0.785 e. The van der Waals surface area contributed by atoms with Crippen molar-refractivity contribution < 1.29 is 4.74 Å². The summed E-state index contributed by atoms with van der Waals surface area (Å²) in [4.78, 5) is 0. The summed E-state index contributed by atoms with van der Waals surface area (Å²) >= 11 is 0. The standard InChI is InChI=1S/C6H15N2O2/c1-8(9)5-3-7-4-6-10-2/h7H,3-6H2,1-2H3/q-1. The fourth-order valence-electron chi connectivity index (χ4n) is 0.536. The second-order valence-electron chi connectivity index (χ2n) is 2.09. The smallest absolute Gasteiger partial charge is 0.0587 e. The van der Waals surface area contributed by atoms with Crippen molar-refractivity contribution in [3.8, 4) is 0 Å². The lowest BCUT2D eigenvalue weighted by molar-refractivity contribution is 0.199. The molecule has 0 bridgehead atoms. The SMILES string of the molecule is COCCNCCN(C)[O-]. The molecule has 4 heteroatoms. The number of hydrogen-bond acceptors (Lipinski definition) is 4. The van der Waals surface area contributed by atoms with Gasteiger partial charge in [0.1, 0.15) is 0 Å². The summed E-state index contributed by atoms with van der Waals surface area (Å²) in [6.07, 6.45) is 0. The van der Waals surface area contributed by atoms with E-state index >= 15 is 0 Å². The Bertz CT molecular complexity index is 68.8. The predicted octanol–water partition coefficient (Wildman–Crippen LogP) is -0.348. The van der Waals surface area contributed by atoms with Gasteiger partial charge in [0.15, 0.2) is 0 Å². The van der Waals surface area contributed by atoms with Crippen LogP contribution in [-0.2, 0) is 4.74 Å². The largest absolute Gasteiger partial charge is 0.785 e. The molecule has 0 aromatic carbocycles. The summed E-state index contributed by atoms with van der Waals surface area (Å²) < 4.78 is 4.79. The predicted molar refractivity (Wildman–Crippen MR) is 40.7 cm³/mol. The number of hydrogen-bond donors (Lipinski definition) is 1. The van der Waals surface area contributed by atoms with Gasteiger partial charge < -0.3 is 20.3 Å². The number of hydroxylamine groups is 2. The summed E-state index contributed by atoms with van der Waals surface area (Å²) in [5.41, 5.74) is 0. The Labute approximate surface area is 61.7 Å². The van der Waals surface area contributed by atoms with E-state index < -0.39 is 0 Å². The number of nitrogens with one attached hydrogen (secondary N) is 1. The Balaban J connectivity index is 2.77. The quantitative estimate of drug-likeness (QED) is 0.412. The van der Waals surface area contributed by atoms with Crippen molar-refractivity contribution in [3.05, 3.63) is 5.21 Å². The molecule has 0 unspecified atom stereocenters. The lowest BCUT2D eigenvalue weighted by Crippen LogP contribution is -2.27. The molecule has 0 spiro atoms. The van der Waals surface area contributed by atoms with Crippen molar-refractivity contribution in [1.29, 1.82) is 0 Å². The van der Waals surface area contributed by atoms with Crippen LogP contribution in [0.15, 0.2) is 0 Å². The number of rotatable bonds is 6. The highest BCUT2D eigenvalue weighted by Gasteiger charge is 1.84. The third kappa shape index (κ3) is 7.84. The van der Waals surface area contributed by atoms with Crippen molar-refractivity contribution >= 4 is 0 Å². The van der Waals surface area contributed by atoms with Crippen molar-refractivity contribution in [2.24, 2.45) is 0 Å². The first-order valence-corrected chi connectivity index (χ1v) is 3.35. The lowest BCUT2D eigenvalue weighted by Gasteiger charge is -2.21. The van der Waals surface area contributed by atoms with Gasteiger partial charge in [-0.15, -0.1) is 0 Å². The number of likely N-dealkylation sites (N-methyl/N-ethyl adjacent to an activating group) is 1. The van der Waals surface area contributed by atoms with E-state index in [0.29, 0.717) is 13.2 Å². The Hall–Kier alpha value is -0.160. The average Bonchev–Trinajstić information content (AvgIpc) is 1.87. The molecule has 0 aromatic heterocycles. The maximum Gasteiger partial charge on any atom is 0.0587 e. The van der Waals surface area contributed by atoms with Crippen molar-refractivity contribution in [2.75, 3.05) is 40.4 Å². The van der Waals surface area contributed by atoms with Crippen LogP contribution in [0.2, 0.25) is 0 Å². The molecule has 0 rings (SSSR count). The molecule has 0 saturated carbocycles. The first-order chi connectivity index (χ1) is 4.77.